The highest BCUT2D eigenvalue weighted by Crippen LogP contribution is 2.32. The first-order valence-corrected chi connectivity index (χ1v) is 12.3. The van der Waals surface area contributed by atoms with Crippen molar-refractivity contribution < 1.29 is 19.2 Å². The molecular weight excluding hydrogens is 498 g/mol. The van der Waals surface area contributed by atoms with E-state index in [4.69, 9.17) is 0 Å². The minimum atomic E-state index is -0.753. The van der Waals surface area contributed by atoms with Crippen molar-refractivity contribution in [2.24, 2.45) is 5.92 Å². The maximum absolute atomic E-state index is 13.6. The molecule has 1 unspecified atom stereocenters. The smallest absolute Gasteiger partial charge is 0.254 e. The molecule has 0 bridgehead atoms. The highest BCUT2D eigenvalue weighted by molar-refractivity contribution is 9.10. The lowest BCUT2D eigenvalue weighted by Gasteiger charge is -2.29. The van der Waals surface area contributed by atoms with Gasteiger partial charge in [-0.3, -0.25) is 19.2 Å². The Kier molecular flexibility index (Phi) is 7.16. The summed E-state index contributed by atoms with van der Waals surface area (Å²) in [5.41, 5.74) is 0.978. The van der Waals surface area contributed by atoms with E-state index in [0.29, 0.717) is 30.5 Å². The van der Waals surface area contributed by atoms with Gasteiger partial charge in [0.05, 0.1) is 12.6 Å². The van der Waals surface area contributed by atoms with Crippen LogP contribution in [-0.4, -0.2) is 64.5 Å². The van der Waals surface area contributed by atoms with Crippen LogP contribution in [0.4, 0.5) is 0 Å². The molecule has 7 nitrogen and oxygen atoms in total. The number of benzene rings is 2. The van der Waals surface area contributed by atoms with Crippen molar-refractivity contribution in [2.75, 3.05) is 13.1 Å². The third-order valence-corrected chi connectivity index (χ3v) is 6.88. The summed E-state index contributed by atoms with van der Waals surface area (Å²) in [5.74, 6) is -0.786. The average molecular weight is 526 g/mol. The van der Waals surface area contributed by atoms with Crippen molar-refractivity contribution in [3.63, 3.8) is 0 Å². The zero-order valence-corrected chi connectivity index (χ0v) is 20.8. The molecule has 0 aliphatic carbocycles. The number of ketones is 1. The monoisotopic (exact) mass is 525 g/mol. The van der Waals surface area contributed by atoms with Gasteiger partial charge >= 0.3 is 0 Å². The van der Waals surface area contributed by atoms with Gasteiger partial charge in [0.2, 0.25) is 5.91 Å². The number of likely N-dealkylation sites (tertiary alicyclic amines) is 2. The first kappa shape index (κ1) is 24.1. The number of fused-ring (bicyclic) bond motifs is 1. The van der Waals surface area contributed by atoms with Gasteiger partial charge in [0.25, 0.3) is 11.8 Å². The Labute approximate surface area is 207 Å². The third-order valence-electron chi connectivity index (χ3n) is 6.38. The topological polar surface area (TPSA) is 86.8 Å². The Morgan fingerprint density at radius 3 is 2.41 bits per heavy atom. The van der Waals surface area contributed by atoms with Crippen LogP contribution in [0, 0.1) is 5.92 Å². The first-order chi connectivity index (χ1) is 16.3. The van der Waals surface area contributed by atoms with E-state index in [-0.39, 0.29) is 42.0 Å². The van der Waals surface area contributed by atoms with Crippen LogP contribution in [0.2, 0.25) is 0 Å². The number of hydrogen-bond donors (Lipinski definition) is 1. The number of nitrogens with one attached hydrogen (secondary N) is 1. The van der Waals surface area contributed by atoms with Crippen molar-refractivity contribution >= 4 is 39.4 Å². The Bertz CT molecular complexity index is 1100. The predicted molar refractivity (Wildman–Crippen MR) is 131 cm³/mol. The van der Waals surface area contributed by atoms with Crippen LogP contribution in [0.3, 0.4) is 0 Å². The molecule has 4 rings (SSSR count). The highest BCUT2D eigenvalue weighted by Gasteiger charge is 2.52. The molecular formula is C26H28BrN3O4. The van der Waals surface area contributed by atoms with E-state index in [1.807, 2.05) is 26.0 Å². The third kappa shape index (κ3) is 4.92. The number of rotatable bonds is 6. The molecule has 34 heavy (non-hydrogen) atoms. The SMILES string of the molecule is CC(C)CC(NC(=O)c1cccc(Br)c1)C(=O)N1CC[C@@H]2[C@H]1C(=O)CN2C(=O)c1ccccc1. The van der Waals surface area contributed by atoms with Crippen LogP contribution in [0.25, 0.3) is 0 Å². The van der Waals surface area contributed by atoms with Gasteiger partial charge in [-0.2, -0.15) is 0 Å². The number of Topliss-reactive ketones (excluding diaryl/α,β-unsaturated/α-hetero) is 1. The second-order valence-electron chi connectivity index (χ2n) is 9.26. The minimum absolute atomic E-state index is 0.00785. The first-order valence-electron chi connectivity index (χ1n) is 11.5. The van der Waals surface area contributed by atoms with Crippen molar-refractivity contribution in [1.29, 1.82) is 0 Å². The molecule has 2 aromatic rings. The van der Waals surface area contributed by atoms with Crippen LogP contribution in [0.5, 0.6) is 0 Å². The summed E-state index contributed by atoms with van der Waals surface area (Å²) in [6.45, 7) is 4.34. The predicted octanol–water partition coefficient (Wildman–Crippen LogP) is 3.29. The zero-order chi connectivity index (χ0) is 24.4. The van der Waals surface area contributed by atoms with Gasteiger partial charge < -0.3 is 15.1 Å². The molecule has 178 valence electrons. The lowest BCUT2D eigenvalue weighted by molar-refractivity contribution is -0.138. The van der Waals surface area contributed by atoms with Gasteiger partial charge in [0.1, 0.15) is 12.1 Å². The van der Waals surface area contributed by atoms with Gasteiger partial charge in [0, 0.05) is 22.1 Å². The summed E-state index contributed by atoms with van der Waals surface area (Å²) >= 11 is 3.37. The Morgan fingerprint density at radius 2 is 1.74 bits per heavy atom. The van der Waals surface area contributed by atoms with E-state index in [0.717, 1.165) is 4.47 Å². The summed E-state index contributed by atoms with van der Waals surface area (Å²) in [6, 6.07) is 14.1. The van der Waals surface area contributed by atoms with E-state index in [9.17, 15) is 19.2 Å². The molecule has 2 aliphatic heterocycles. The van der Waals surface area contributed by atoms with Gasteiger partial charge in [0.15, 0.2) is 5.78 Å². The molecule has 3 amide bonds. The molecule has 2 aliphatic rings. The molecule has 0 saturated carbocycles. The maximum Gasteiger partial charge on any atom is 0.254 e. The summed E-state index contributed by atoms with van der Waals surface area (Å²) in [7, 11) is 0. The number of halogens is 1. The molecule has 0 spiro atoms. The quantitative estimate of drug-likeness (QED) is 0.626. The second kappa shape index (κ2) is 10.1. The fourth-order valence-corrected chi connectivity index (χ4v) is 5.25. The molecule has 2 saturated heterocycles. The van der Waals surface area contributed by atoms with E-state index in [1.165, 1.54) is 0 Å². The lowest BCUT2D eigenvalue weighted by atomic mass is 10.0. The Hall–Kier alpha value is -3.00. The van der Waals surface area contributed by atoms with Gasteiger partial charge in [-0.05, 0) is 49.1 Å². The maximum atomic E-state index is 13.6. The standard InChI is InChI=1S/C26H28BrN3O4/c1-16(2)13-20(28-24(32)18-9-6-10-19(27)14-18)26(34)29-12-11-21-23(29)22(31)15-30(21)25(33)17-7-4-3-5-8-17/h3-10,14,16,20-21,23H,11-13,15H2,1-2H3,(H,28,32)/t20?,21-,23+/m1/s1. The molecule has 0 aromatic heterocycles. The molecule has 2 aromatic carbocycles. The minimum Gasteiger partial charge on any atom is -0.340 e. The number of hydrogen-bond acceptors (Lipinski definition) is 4. The number of carbonyl (C=O) groups excluding carboxylic acids is 4. The summed E-state index contributed by atoms with van der Waals surface area (Å²) in [6.07, 6.45) is 0.988. The normalized spacial score (nSPS) is 20.4. The second-order valence-corrected chi connectivity index (χ2v) is 10.2. The van der Waals surface area contributed by atoms with Crippen molar-refractivity contribution in [1.82, 2.24) is 15.1 Å². The molecule has 8 heteroatoms. The number of amides is 3. The van der Waals surface area contributed by atoms with Crippen molar-refractivity contribution in [3.05, 3.63) is 70.2 Å². The molecule has 1 N–H and O–H groups in total. The van der Waals surface area contributed by atoms with Gasteiger partial charge in [-0.1, -0.05) is 54.0 Å². The van der Waals surface area contributed by atoms with Crippen LogP contribution in [0.1, 0.15) is 47.4 Å². The van der Waals surface area contributed by atoms with Gasteiger partial charge in [-0.15, -0.1) is 0 Å². The lowest BCUT2D eigenvalue weighted by Crippen LogP contribution is -2.53. The largest absolute Gasteiger partial charge is 0.340 e. The van der Waals surface area contributed by atoms with Crippen molar-refractivity contribution in [2.45, 2.75) is 44.8 Å². The van der Waals surface area contributed by atoms with E-state index < -0.39 is 12.1 Å². The van der Waals surface area contributed by atoms with E-state index in [2.05, 4.69) is 21.2 Å². The fourth-order valence-electron chi connectivity index (χ4n) is 4.85. The number of nitrogens with zero attached hydrogens (tertiary/aromatic N) is 2. The fraction of sp³-hybridized carbons (Fsp3) is 0.385. The Balaban J connectivity index is 1.52. The Morgan fingerprint density at radius 1 is 1.03 bits per heavy atom. The summed E-state index contributed by atoms with van der Waals surface area (Å²) in [5, 5.41) is 2.88. The average Bonchev–Trinajstić information content (AvgIpc) is 3.39. The molecule has 2 fully saturated rings. The van der Waals surface area contributed by atoms with Crippen LogP contribution >= 0.6 is 15.9 Å². The van der Waals surface area contributed by atoms with Crippen LogP contribution in [-0.2, 0) is 9.59 Å². The summed E-state index contributed by atoms with van der Waals surface area (Å²) in [4.78, 5) is 55.6. The number of carbonyl (C=O) groups is 4. The van der Waals surface area contributed by atoms with Crippen LogP contribution in [0.15, 0.2) is 59.1 Å². The highest BCUT2D eigenvalue weighted by atomic mass is 79.9. The van der Waals surface area contributed by atoms with Crippen LogP contribution < -0.4 is 5.32 Å². The summed E-state index contributed by atoms with van der Waals surface area (Å²) < 4.78 is 0.772. The van der Waals surface area contributed by atoms with Gasteiger partial charge in [-0.25, -0.2) is 0 Å². The van der Waals surface area contributed by atoms with Crippen molar-refractivity contribution in [3.8, 4) is 0 Å². The van der Waals surface area contributed by atoms with E-state index in [1.54, 1.807) is 52.3 Å². The zero-order valence-electron chi connectivity index (χ0n) is 19.2. The molecule has 3 atom stereocenters. The van der Waals surface area contributed by atoms with E-state index >= 15 is 0 Å². The molecule has 0 radical (unpaired) electrons. The molecule has 2 heterocycles.